The average Bonchev–Trinajstić information content (AvgIpc) is 2.94. The summed E-state index contributed by atoms with van der Waals surface area (Å²) < 4.78 is 10.2. The zero-order chi connectivity index (χ0) is 15.8. The molecule has 1 aromatic carbocycles. The van der Waals surface area contributed by atoms with Crippen LogP contribution < -0.4 is 5.32 Å². The van der Waals surface area contributed by atoms with Crippen LogP contribution >= 0.6 is 11.8 Å². The standard InChI is InChI=1S/C14H13N3O4S/c15-6-3-7-16-12(18)8-20-13(19)9-22-14-17-10-4-1-2-5-11(10)21-14/h1-2,4-5H,3,7-9H2,(H,16,18). The number of para-hydroxylation sites is 2. The Balaban J connectivity index is 1.71. The number of aromatic nitrogens is 1. The maximum absolute atomic E-state index is 11.5. The van der Waals surface area contributed by atoms with E-state index >= 15 is 0 Å². The molecule has 1 aromatic heterocycles. The highest BCUT2D eigenvalue weighted by Gasteiger charge is 2.11. The molecular weight excluding hydrogens is 306 g/mol. The summed E-state index contributed by atoms with van der Waals surface area (Å²) in [6.07, 6.45) is 0.216. The lowest BCUT2D eigenvalue weighted by atomic mass is 10.3. The van der Waals surface area contributed by atoms with Gasteiger partial charge in [0.2, 0.25) is 0 Å². The van der Waals surface area contributed by atoms with Gasteiger partial charge in [-0.1, -0.05) is 23.9 Å². The Morgan fingerprint density at radius 3 is 3.00 bits per heavy atom. The van der Waals surface area contributed by atoms with Crippen LogP contribution in [0.3, 0.4) is 0 Å². The Morgan fingerprint density at radius 2 is 2.23 bits per heavy atom. The number of ether oxygens (including phenoxy) is 1. The van der Waals surface area contributed by atoms with Gasteiger partial charge >= 0.3 is 5.97 Å². The molecule has 0 atom stereocenters. The van der Waals surface area contributed by atoms with Gasteiger partial charge in [-0.15, -0.1) is 0 Å². The van der Waals surface area contributed by atoms with Crippen LogP contribution in [0.2, 0.25) is 0 Å². The van der Waals surface area contributed by atoms with Crippen LogP contribution in [0.25, 0.3) is 11.1 Å². The van der Waals surface area contributed by atoms with Crippen molar-refractivity contribution in [1.82, 2.24) is 10.3 Å². The molecule has 0 unspecified atom stereocenters. The van der Waals surface area contributed by atoms with E-state index in [0.29, 0.717) is 10.8 Å². The van der Waals surface area contributed by atoms with Gasteiger partial charge in [-0.2, -0.15) is 5.26 Å². The molecule has 1 heterocycles. The SMILES string of the molecule is N#CCCNC(=O)COC(=O)CSc1nc2ccccc2o1. The molecule has 8 heteroatoms. The molecule has 0 fully saturated rings. The molecule has 0 aliphatic heterocycles. The smallest absolute Gasteiger partial charge is 0.316 e. The molecule has 2 aromatic rings. The van der Waals surface area contributed by atoms with E-state index < -0.39 is 11.9 Å². The first-order chi connectivity index (χ1) is 10.7. The van der Waals surface area contributed by atoms with Gasteiger partial charge in [0.1, 0.15) is 11.3 Å². The van der Waals surface area contributed by atoms with E-state index in [1.54, 1.807) is 6.07 Å². The van der Waals surface area contributed by atoms with E-state index in [-0.39, 0.29) is 25.3 Å². The second-order valence-electron chi connectivity index (χ2n) is 4.15. The molecule has 0 saturated carbocycles. The van der Waals surface area contributed by atoms with Crippen LogP contribution in [-0.2, 0) is 14.3 Å². The molecule has 0 aliphatic rings. The van der Waals surface area contributed by atoms with Crippen LogP contribution in [0.1, 0.15) is 6.42 Å². The average molecular weight is 319 g/mol. The quantitative estimate of drug-likeness (QED) is 0.468. The highest BCUT2D eigenvalue weighted by molar-refractivity contribution is 7.99. The van der Waals surface area contributed by atoms with Crippen molar-refractivity contribution in [3.8, 4) is 6.07 Å². The number of esters is 1. The number of benzene rings is 1. The number of fused-ring (bicyclic) bond motifs is 1. The van der Waals surface area contributed by atoms with Gasteiger partial charge in [0.15, 0.2) is 12.2 Å². The van der Waals surface area contributed by atoms with E-state index in [1.807, 2.05) is 24.3 Å². The highest BCUT2D eigenvalue weighted by atomic mass is 32.2. The Morgan fingerprint density at radius 1 is 1.41 bits per heavy atom. The lowest BCUT2D eigenvalue weighted by Gasteiger charge is -2.04. The maximum atomic E-state index is 11.5. The van der Waals surface area contributed by atoms with E-state index in [4.69, 9.17) is 14.4 Å². The fraction of sp³-hybridized carbons (Fsp3) is 0.286. The summed E-state index contributed by atoms with van der Waals surface area (Å²) in [5.74, 6) is -0.976. The molecule has 0 bridgehead atoms. The van der Waals surface area contributed by atoms with Gasteiger partial charge < -0.3 is 14.5 Å². The normalized spacial score (nSPS) is 10.1. The number of hydrogen-bond donors (Lipinski definition) is 1. The number of hydrogen-bond acceptors (Lipinski definition) is 7. The van der Waals surface area contributed by atoms with Gasteiger partial charge in [0, 0.05) is 6.54 Å². The Hall–Kier alpha value is -2.53. The van der Waals surface area contributed by atoms with Gasteiger partial charge in [0.25, 0.3) is 11.1 Å². The Labute approximate surface area is 130 Å². The van der Waals surface area contributed by atoms with Crippen molar-refractivity contribution in [2.24, 2.45) is 0 Å². The van der Waals surface area contributed by atoms with Crippen LogP contribution in [0, 0.1) is 11.3 Å². The number of nitrogens with one attached hydrogen (secondary N) is 1. The summed E-state index contributed by atoms with van der Waals surface area (Å²) in [7, 11) is 0. The van der Waals surface area contributed by atoms with Crippen LogP contribution in [-0.4, -0.2) is 35.8 Å². The van der Waals surface area contributed by atoms with Crippen LogP contribution in [0.5, 0.6) is 0 Å². The van der Waals surface area contributed by atoms with Crippen molar-refractivity contribution in [1.29, 1.82) is 5.26 Å². The number of carbonyl (C=O) groups excluding carboxylic acids is 2. The number of nitriles is 1. The second kappa shape index (κ2) is 8.05. The van der Waals surface area contributed by atoms with Gasteiger partial charge in [-0.05, 0) is 12.1 Å². The molecule has 114 valence electrons. The Kier molecular flexibility index (Phi) is 5.80. The van der Waals surface area contributed by atoms with Crippen molar-refractivity contribution in [3.05, 3.63) is 24.3 Å². The summed E-state index contributed by atoms with van der Waals surface area (Å²) in [5.41, 5.74) is 1.37. The van der Waals surface area contributed by atoms with Crippen LogP contribution in [0.15, 0.2) is 33.9 Å². The molecule has 0 spiro atoms. The lowest BCUT2D eigenvalue weighted by Crippen LogP contribution is -2.29. The fourth-order valence-corrected chi connectivity index (χ4v) is 2.17. The largest absolute Gasteiger partial charge is 0.455 e. The third kappa shape index (κ3) is 4.79. The minimum Gasteiger partial charge on any atom is -0.455 e. The number of thioether (sulfide) groups is 1. The number of oxazole rings is 1. The van der Waals surface area contributed by atoms with Crippen molar-refractivity contribution < 1.29 is 18.7 Å². The first kappa shape index (κ1) is 15.9. The summed E-state index contributed by atoms with van der Waals surface area (Å²) in [4.78, 5) is 27.0. The number of amides is 1. The molecule has 0 saturated heterocycles. The minimum atomic E-state index is -0.539. The van der Waals surface area contributed by atoms with E-state index in [9.17, 15) is 9.59 Å². The van der Waals surface area contributed by atoms with Crippen molar-refractivity contribution in [3.63, 3.8) is 0 Å². The van der Waals surface area contributed by atoms with E-state index in [2.05, 4.69) is 10.3 Å². The third-order valence-corrected chi connectivity index (χ3v) is 3.31. The van der Waals surface area contributed by atoms with Gasteiger partial charge in [-0.3, -0.25) is 9.59 Å². The third-order valence-electron chi connectivity index (χ3n) is 2.51. The molecule has 7 nitrogen and oxygen atoms in total. The van der Waals surface area contributed by atoms with E-state index in [0.717, 1.165) is 17.3 Å². The van der Waals surface area contributed by atoms with Crippen molar-refractivity contribution in [2.45, 2.75) is 11.6 Å². The highest BCUT2D eigenvalue weighted by Crippen LogP contribution is 2.22. The van der Waals surface area contributed by atoms with Crippen molar-refractivity contribution in [2.75, 3.05) is 18.9 Å². The number of rotatable bonds is 7. The molecule has 0 aliphatic carbocycles. The van der Waals surface area contributed by atoms with Crippen LogP contribution in [0.4, 0.5) is 0 Å². The number of carbonyl (C=O) groups is 2. The molecule has 1 N–H and O–H groups in total. The topological polar surface area (TPSA) is 105 Å². The molecule has 0 radical (unpaired) electrons. The zero-order valence-corrected chi connectivity index (χ0v) is 12.4. The van der Waals surface area contributed by atoms with E-state index in [1.165, 1.54) is 0 Å². The summed E-state index contributed by atoms with van der Waals surface area (Å²) >= 11 is 1.10. The predicted molar refractivity (Wildman–Crippen MR) is 78.9 cm³/mol. The minimum absolute atomic E-state index is 0.00169. The molecular formula is C14H13N3O4S. The predicted octanol–water partition coefficient (Wildman–Crippen LogP) is 1.49. The summed E-state index contributed by atoms with van der Waals surface area (Å²) in [5, 5.41) is 11.1. The lowest BCUT2D eigenvalue weighted by molar-refractivity contribution is -0.145. The fourth-order valence-electron chi connectivity index (χ4n) is 1.53. The molecule has 1 amide bonds. The van der Waals surface area contributed by atoms with Gasteiger partial charge in [-0.25, -0.2) is 4.98 Å². The zero-order valence-electron chi connectivity index (χ0n) is 11.6. The van der Waals surface area contributed by atoms with Gasteiger partial charge in [0.05, 0.1) is 12.5 Å². The first-order valence-electron chi connectivity index (χ1n) is 6.46. The number of nitrogens with zero attached hydrogens (tertiary/aromatic N) is 2. The summed E-state index contributed by atoms with van der Waals surface area (Å²) in [6, 6.07) is 9.17. The van der Waals surface area contributed by atoms with Crippen molar-refractivity contribution >= 4 is 34.7 Å². The molecule has 22 heavy (non-hydrogen) atoms. The Bertz CT molecular complexity index is 674. The second-order valence-corrected chi connectivity index (χ2v) is 5.08. The summed E-state index contributed by atoms with van der Waals surface area (Å²) in [6.45, 7) is -0.122. The first-order valence-corrected chi connectivity index (χ1v) is 7.45. The monoisotopic (exact) mass is 319 g/mol. The maximum Gasteiger partial charge on any atom is 0.316 e. The molecule has 2 rings (SSSR count).